The molecule has 0 aliphatic carbocycles. The Kier molecular flexibility index (Phi) is 5.40. The van der Waals surface area contributed by atoms with Crippen LogP contribution in [0.1, 0.15) is 12.8 Å². The van der Waals surface area contributed by atoms with Crippen LogP contribution in [0.15, 0.2) is 0 Å². The van der Waals surface area contributed by atoms with Crippen molar-refractivity contribution in [2.24, 2.45) is 0 Å². The quantitative estimate of drug-likeness (QED) is 0.650. The van der Waals surface area contributed by atoms with Crippen molar-refractivity contribution < 1.29 is 9.47 Å². The minimum absolute atomic E-state index is 0.102. The Bertz CT molecular complexity index is 145. The number of methoxy groups -OCH3 is 2. The average molecular weight is 202 g/mol. The average Bonchev–Trinajstić information content (AvgIpc) is 2.26. The van der Waals surface area contributed by atoms with Crippen molar-refractivity contribution >= 4 is 0 Å². The fourth-order valence-electron chi connectivity index (χ4n) is 1.88. The van der Waals surface area contributed by atoms with Crippen LogP contribution in [0.25, 0.3) is 0 Å². The molecule has 1 rings (SSSR count). The molecule has 0 radical (unpaired) electrons. The summed E-state index contributed by atoms with van der Waals surface area (Å²) in [5.41, 5.74) is 0. The number of piperidine rings is 1. The van der Waals surface area contributed by atoms with E-state index in [4.69, 9.17) is 9.47 Å². The second-order valence-electron chi connectivity index (χ2n) is 3.82. The maximum absolute atomic E-state index is 5.18. The van der Waals surface area contributed by atoms with Gasteiger partial charge in [-0.3, -0.25) is 4.90 Å². The lowest BCUT2D eigenvalue weighted by Gasteiger charge is -2.33. The molecule has 84 valence electrons. The van der Waals surface area contributed by atoms with E-state index in [-0.39, 0.29) is 6.29 Å². The molecule has 0 aromatic rings. The maximum atomic E-state index is 5.18. The van der Waals surface area contributed by atoms with Crippen molar-refractivity contribution in [3.05, 3.63) is 0 Å². The van der Waals surface area contributed by atoms with Crippen LogP contribution in [-0.4, -0.2) is 58.1 Å². The molecule has 4 nitrogen and oxygen atoms in total. The third-order valence-electron chi connectivity index (χ3n) is 2.89. The van der Waals surface area contributed by atoms with Crippen LogP contribution >= 0.6 is 0 Å². The Hall–Kier alpha value is -0.160. The zero-order valence-corrected chi connectivity index (χ0v) is 9.45. The van der Waals surface area contributed by atoms with E-state index < -0.39 is 0 Å². The highest BCUT2D eigenvalue weighted by Gasteiger charge is 2.20. The summed E-state index contributed by atoms with van der Waals surface area (Å²) in [7, 11) is 5.51. The molecule has 0 unspecified atom stereocenters. The minimum Gasteiger partial charge on any atom is -0.355 e. The van der Waals surface area contributed by atoms with E-state index >= 15 is 0 Å². The first-order valence-electron chi connectivity index (χ1n) is 5.24. The molecule has 4 heteroatoms. The lowest BCUT2D eigenvalue weighted by molar-refractivity contribution is -0.118. The number of nitrogens with one attached hydrogen (secondary N) is 1. The van der Waals surface area contributed by atoms with E-state index in [1.165, 1.54) is 12.8 Å². The van der Waals surface area contributed by atoms with Crippen molar-refractivity contribution in [1.29, 1.82) is 0 Å². The largest absolute Gasteiger partial charge is 0.355 e. The fraction of sp³-hybridized carbons (Fsp3) is 1.00. The van der Waals surface area contributed by atoms with E-state index in [1.807, 2.05) is 0 Å². The van der Waals surface area contributed by atoms with E-state index in [9.17, 15) is 0 Å². The highest BCUT2D eigenvalue weighted by atomic mass is 16.7. The SMILES string of the molecule is COC(CN(C)C1CCNCC1)OC. The predicted octanol–water partition coefficient (Wildman–Crippen LogP) is 0.289. The zero-order chi connectivity index (χ0) is 10.4. The number of likely N-dealkylation sites (N-methyl/N-ethyl adjacent to an activating group) is 1. The molecule has 14 heavy (non-hydrogen) atoms. The molecule has 1 aliphatic rings. The molecule has 1 heterocycles. The van der Waals surface area contributed by atoms with E-state index in [0.717, 1.165) is 19.6 Å². The van der Waals surface area contributed by atoms with Gasteiger partial charge in [0.05, 0.1) is 0 Å². The smallest absolute Gasteiger partial charge is 0.169 e. The third-order valence-corrected chi connectivity index (χ3v) is 2.89. The van der Waals surface area contributed by atoms with Crippen LogP contribution in [0, 0.1) is 0 Å². The summed E-state index contributed by atoms with van der Waals surface area (Å²) in [6.45, 7) is 3.09. The molecular weight excluding hydrogens is 180 g/mol. The van der Waals surface area contributed by atoms with Gasteiger partial charge in [-0.2, -0.15) is 0 Å². The lowest BCUT2D eigenvalue weighted by Crippen LogP contribution is -2.44. The highest BCUT2D eigenvalue weighted by molar-refractivity contribution is 4.76. The van der Waals surface area contributed by atoms with Crippen molar-refractivity contribution in [3.8, 4) is 0 Å². The molecule has 1 N–H and O–H groups in total. The molecule has 1 aliphatic heterocycles. The van der Waals surface area contributed by atoms with Crippen LogP contribution < -0.4 is 5.32 Å². The summed E-state index contributed by atoms with van der Waals surface area (Å²) in [5.74, 6) is 0. The number of nitrogens with zero attached hydrogens (tertiary/aromatic N) is 1. The summed E-state index contributed by atoms with van der Waals surface area (Å²) >= 11 is 0. The predicted molar refractivity (Wildman–Crippen MR) is 56.3 cm³/mol. The molecule has 1 fully saturated rings. The van der Waals surface area contributed by atoms with Gasteiger partial charge in [-0.05, 0) is 33.0 Å². The normalized spacial score (nSPS) is 19.5. The van der Waals surface area contributed by atoms with Crippen molar-refractivity contribution in [2.45, 2.75) is 25.2 Å². The van der Waals surface area contributed by atoms with Crippen molar-refractivity contribution in [1.82, 2.24) is 10.2 Å². The molecular formula is C10H22N2O2. The van der Waals surface area contributed by atoms with Crippen LogP contribution in [-0.2, 0) is 9.47 Å². The Morgan fingerprint density at radius 1 is 1.29 bits per heavy atom. The molecule has 0 spiro atoms. The van der Waals surface area contributed by atoms with Gasteiger partial charge in [0.15, 0.2) is 6.29 Å². The Morgan fingerprint density at radius 2 is 1.86 bits per heavy atom. The van der Waals surface area contributed by atoms with E-state index in [2.05, 4.69) is 17.3 Å². The van der Waals surface area contributed by atoms with Crippen LogP contribution in [0.5, 0.6) is 0 Å². The van der Waals surface area contributed by atoms with Crippen LogP contribution in [0.4, 0.5) is 0 Å². The first kappa shape index (κ1) is 11.9. The standard InChI is InChI=1S/C10H22N2O2/c1-12(8-10(13-2)14-3)9-4-6-11-7-5-9/h9-11H,4-8H2,1-3H3. The summed E-state index contributed by atoms with van der Waals surface area (Å²) in [6, 6.07) is 0.670. The van der Waals surface area contributed by atoms with Gasteiger partial charge in [-0.25, -0.2) is 0 Å². The van der Waals surface area contributed by atoms with Gasteiger partial charge >= 0.3 is 0 Å². The number of hydrogen-bond donors (Lipinski definition) is 1. The van der Waals surface area contributed by atoms with Gasteiger partial charge in [0.2, 0.25) is 0 Å². The number of rotatable bonds is 5. The summed E-state index contributed by atoms with van der Waals surface area (Å²) in [4.78, 5) is 2.33. The van der Waals surface area contributed by atoms with Gasteiger partial charge in [0.25, 0.3) is 0 Å². The van der Waals surface area contributed by atoms with Crippen molar-refractivity contribution in [3.63, 3.8) is 0 Å². The van der Waals surface area contributed by atoms with Gasteiger partial charge in [-0.15, -0.1) is 0 Å². The first-order valence-corrected chi connectivity index (χ1v) is 5.24. The summed E-state index contributed by atoms with van der Waals surface area (Å²) < 4.78 is 10.4. The summed E-state index contributed by atoms with van der Waals surface area (Å²) in [5, 5.41) is 3.36. The Morgan fingerprint density at radius 3 is 2.36 bits per heavy atom. The molecule has 1 saturated heterocycles. The third kappa shape index (κ3) is 3.53. The summed E-state index contributed by atoms with van der Waals surface area (Å²) in [6.07, 6.45) is 2.34. The Balaban J connectivity index is 2.27. The number of ether oxygens (including phenoxy) is 2. The molecule has 0 aromatic heterocycles. The zero-order valence-electron chi connectivity index (χ0n) is 9.45. The van der Waals surface area contributed by atoms with Gasteiger partial charge in [0, 0.05) is 26.8 Å². The first-order chi connectivity index (χ1) is 6.77. The topological polar surface area (TPSA) is 33.7 Å². The van der Waals surface area contributed by atoms with Crippen molar-refractivity contribution in [2.75, 3.05) is 40.9 Å². The monoisotopic (exact) mass is 202 g/mol. The lowest BCUT2D eigenvalue weighted by atomic mass is 10.1. The van der Waals surface area contributed by atoms with Gasteiger partial charge < -0.3 is 14.8 Å². The second-order valence-corrected chi connectivity index (χ2v) is 3.82. The van der Waals surface area contributed by atoms with Gasteiger partial charge in [0.1, 0.15) is 0 Å². The molecule has 0 aromatic carbocycles. The molecule has 0 amide bonds. The highest BCUT2D eigenvalue weighted by Crippen LogP contribution is 2.10. The molecule has 0 atom stereocenters. The van der Waals surface area contributed by atoms with E-state index in [1.54, 1.807) is 14.2 Å². The molecule has 0 saturated carbocycles. The van der Waals surface area contributed by atoms with Gasteiger partial charge in [-0.1, -0.05) is 0 Å². The molecule has 0 bridgehead atoms. The fourth-order valence-corrected chi connectivity index (χ4v) is 1.88. The Labute approximate surface area is 86.6 Å². The second kappa shape index (κ2) is 6.35. The number of hydrogen-bond acceptors (Lipinski definition) is 4. The maximum Gasteiger partial charge on any atom is 0.169 e. The minimum atomic E-state index is -0.102. The van der Waals surface area contributed by atoms with Crippen LogP contribution in [0.2, 0.25) is 0 Å². The van der Waals surface area contributed by atoms with Crippen LogP contribution in [0.3, 0.4) is 0 Å². The van der Waals surface area contributed by atoms with E-state index in [0.29, 0.717) is 6.04 Å².